The highest BCUT2D eigenvalue weighted by atomic mass is 15.3. The minimum atomic E-state index is 0.420. The molecular weight excluding hydrogens is 234 g/mol. The van der Waals surface area contributed by atoms with Gasteiger partial charge in [-0.1, -0.05) is 30.9 Å². The van der Waals surface area contributed by atoms with Crippen LogP contribution < -0.4 is 5.73 Å². The number of piperazine rings is 1. The molecule has 2 rings (SSSR count). The summed E-state index contributed by atoms with van der Waals surface area (Å²) in [4.78, 5) is 5.02. The molecule has 3 heteroatoms. The van der Waals surface area contributed by atoms with Crippen LogP contribution in [0, 0.1) is 11.8 Å². The number of hydrogen-bond acceptors (Lipinski definition) is 3. The molecule has 102 valence electrons. The summed E-state index contributed by atoms with van der Waals surface area (Å²) in [6, 6.07) is 8.48. The topological polar surface area (TPSA) is 32.5 Å². The van der Waals surface area contributed by atoms with E-state index in [2.05, 4.69) is 46.8 Å². The summed E-state index contributed by atoms with van der Waals surface area (Å²) in [7, 11) is 0. The molecule has 1 aromatic carbocycles. The van der Waals surface area contributed by atoms with E-state index >= 15 is 0 Å². The molecule has 0 unspecified atom stereocenters. The van der Waals surface area contributed by atoms with E-state index in [0.29, 0.717) is 6.54 Å². The maximum Gasteiger partial charge on any atom is 0.0555 e. The molecule has 2 N–H and O–H groups in total. The second-order valence-corrected chi connectivity index (χ2v) is 4.92. The van der Waals surface area contributed by atoms with Crippen LogP contribution in [0.25, 0.3) is 0 Å². The van der Waals surface area contributed by atoms with Gasteiger partial charge in [0, 0.05) is 38.3 Å². The average Bonchev–Trinajstić information content (AvgIpc) is 2.46. The van der Waals surface area contributed by atoms with Crippen LogP contribution in [-0.2, 0) is 6.54 Å². The molecule has 0 radical (unpaired) electrons. The molecule has 1 aliphatic rings. The smallest absolute Gasteiger partial charge is 0.0555 e. The Morgan fingerprint density at radius 2 is 1.89 bits per heavy atom. The van der Waals surface area contributed by atoms with Crippen LogP contribution in [0.4, 0.5) is 0 Å². The van der Waals surface area contributed by atoms with E-state index in [1.807, 2.05) is 6.07 Å². The van der Waals surface area contributed by atoms with E-state index in [-0.39, 0.29) is 0 Å². The summed E-state index contributed by atoms with van der Waals surface area (Å²) in [5.41, 5.74) is 7.81. The third-order valence-electron chi connectivity index (χ3n) is 3.58. The molecule has 1 heterocycles. The van der Waals surface area contributed by atoms with Crippen molar-refractivity contribution in [1.29, 1.82) is 0 Å². The van der Waals surface area contributed by atoms with Gasteiger partial charge in [0.2, 0.25) is 0 Å². The highest BCUT2D eigenvalue weighted by Gasteiger charge is 2.15. The zero-order chi connectivity index (χ0) is 13.5. The first kappa shape index (κ1) is 14.1. The zero-order valence-electron chi connectivity index (χ0n) is 11.7. The van der Waals surface area contributed by atoms with Gasteiger partial charge in [0.1, 0.15) is 0 Å². The van der Waals surface area contributed by atoms with E-state index in [9.17, 15) is 0 Å². The third-order valence-corrected chi connectivity index (χ3v) is 3.58. The van der Waals surface area contributed by atoms with Crippen LogP contribution in [-0.4, -0.2) is 49.1 Å². The van der Waals surface area contributed by atoms with Gasteiger partial charge >= 0.3 is 0 Å². The van der Waals surface area contributed by atoms with Crippen LogP contribution in [0.5, 0.6) is 0 Å². The Kier molecular flexibility index (Phi) is 5.41. The molecule has 0 aliphatic carbocycles. The lowest BCUT2D eigenvalue weighted by Gasteiger charge is -2.34. The van der Waals surface area contributed by atoms with E-state index in [4.69, 9.17) is 5.73 Å². The van der Waals surface area contributed by atoms with Gasteiger partial charge < -0.3 is 10.6 Å². The zero-order valence-corrected chi connectivity index (χ0v) is 11.7. The Morgan fingerprint density at radius 3 is 2.58 bits per heavy atom. The Morgan fingerprint density at radius 1 is 1.16 bits per heavy atom. The second-order valence-electron chi connectivity index (χ2n) is 4.92. The number of benzene rings is 1. The molecule has 0 amide bonds. The van der Waals surface area contributed by atoms with Crippen molar-refractivity contribution in [2.24, 2.45) is 5.73 Å². The summed E-state index contributed by atoms with van der Waals surface area (Å²) in [6.07, 6.45) is 0. The van der Waals surface area contributed by atoms with E-state index < -0.39 is 0 Å². The lowest BCUT2D eigenvalue weighted by Crippen LogP contribution is -2.45. The van der Waals surface area contributed by atoms with Gasteiger partial charge in [0.25, 0.3) is 0 Å². The predicted molar refractivity (Wildman–Crippen MR) is 79.8 cm³/mol. The van der Waals surface area contributed by atoms with Gasteiger partial charge in [-0.3, -0.25) is 4.90 Å². The first-order valence-electron chi connectivity index (χ1n) is 7.04. The van der Waals surface area contributed by atoms with Crippen molar-refractivity contribution in [2.45, 2.75) is 13.5 Å². The van der Waals surface area contributed by atoms with Gasteiger partial charge in [-0.05, 0) is 24.2 Å². The van der Waals surface area contributed by atoms with Crippen LogP contribution in [0.1, 0.15) is 18.1 Å². The lowest BCUT2D eigenvalue weighted by molar-refractivity contribution is 0.132. The standard InChI is InChI=1S/C16H23N3/c1-2-18-9-11-19(12-10-18)14-16-6-3-5-15(13-16)7-4-8-17/h3,5-6,13H,2,8-12,14,17H2,1H3. The predicted octanol–water partition coefficient (Wildman–Crippen LogP) is 1.13. The van der Waals surface area contributed by atoms with Crippen molar-refractivity contribution >= 4 is 0 Å². The molecule has 1 aromatic rings. The van der Waals surface area contributed by atoms with Crippen LogP contribution in [0.3, 0.4) is 0 Å². The summed E-state index contributed by atoms with van der Waals surface area (Å²) < 4.78 is 0. The van der Waals surface area contributed by atoms with Gasteiger partial charge in [0.05, 0.1) is 6.54 Å². The third kappa shape index (κ3) is 4.36. The number of rotatable bonds is 3. The van der Waals surface area contributed by atoms with E-state index in [1.165, 1.54) is 18.7 Å². The van der Waals surface area contributed by atoms with Gasteiger partial charge in [-0.25, -0.2) is 0 Å². The SMILES string of the molecule is CCN1CCN(Cc2cccc(C#CCN)c2)CC1. The summed E-state index contributed by atoms with van der Waals surface area (Å²) >= 11 is 0. The minimum Gasteiger partial charge on any atom is -0.320 e. The van der Waals surface area contributed by atoms with Crippen LogP contribution in [0.15, 0.2) is 24.3 Å². The van der Waals surface area contributed by atoms with Crippen molar-refractivity contribution in [3.8, 4) is 11.8 Å². The van der Waals surface area contributed by atoms with Crippen molar-refractivity contribution in [3.05, 3.63) is 35.4 Å². The van der Waals surface area contributed by atoms with Crippen molar-refractivity contribution in [3.63, 3.8) is 0 Å². The fourth-order valence-corrected chi connectivity index (χ4v) is 2.42. The van der Waals surface area contributed by atoms with E-state index in [1.54, 1.807) is 0 Å². The Balaban J connectivity index is 1.92. The molecule has 0 spiro atoms. The number of nitrogens with two attached hydrogens (primary N) is 1. The monoisotopic (exact) mass is 257 g/mol. The molecule has 1 aliphatic heterocycles. The fourth-order valence-electron chi connectivity index (χ4n) is 2.42. The van der Waals surface area contributed by atoms with Crippen molar-refractivity contribution in [1.82, 2.24) is 9.80 Å². The summed E-state index contributed by atoms with van der Waals surface area (Å²) in [6.45, 7) is 9.53. The first-order chi connectivity index (χ1) is 9.31. The van der Waals surface area contributed by atoms with Crippen molar-refractivity contribution < 1.29 is 0 Å². The minimum absolute atomic E-state index is 0.420. The maximum absolute atomic E-state index is 5.40. The number of nitrogens with zero attached hydrogens (tertiary/aromatic N) is 2. The van der Waals surface area contributed by atoms with Crippen molar-refractivity contribution in [2.75, 3.05) is 39.3 Å². The number of likely N-dealkylation sites (N-methyl/N-ethyl adjacent to an activating group) is 1. The molecule has 1 fully saturated rings. The fraction of sp³-hybridized carbons (Fsp3) is 0.500. The Hall–Kier alpha value is -1.34. The Labute approximate surface area is 116 Å². The molecule has 0 aromatic heterocycles. The molecule has 0 saturated carbocycles. The summed E-state index contributed by atoms with van der Waals surface area (Å²) in [5, 5.41) is 0. The lowest BCUT2D eigenvalue weighted by atomic mass is 10.1. The van der Waals surface area contributed by atoms with Crippen LogP contribution >= 0.6 is 0 Å². The van der Waals surface area contributed by atoms with Gasteiger partial charge in [-0.2, -0.15) is 0 Å². The first-order valence-corrected chi connectivity index (χ1v) is 7.04. The van der Waals surface area contributed by atoms with E-state index in [0.717, 1.165) is 31.7 Å². The molecule has 0 bridgehead atoms. The molecule has 1 saturated heterocycles. The Bertz CT molecular complexity index is 451. The van der Waals surface area contributed by atoms with Gasteiger partial charge in [-0.15, -0.1) is 0 Å². The average molecular weight is 257 g/mol. The second kappa shape index (κ2) is 7.30. The highest BCUT2D eigenvalue weighted by molar-refractivity contribution is 5.37. The maximum atomic E-state index is 5.40. The number of hydrogen-bond donors (Lipinski definition) is 1. The molecular formula is C16H23N3. The largest absolute Gasteiger partial charge is 0.320 e. The van der Waals surface area contributed by atoms with Gasteiger partial charge in [0.15, 0.2) is 0 Å². The molecule has 19 heavy (non-hydrogen) atoms. The highest BCUT2D eigenvalue weighted by Crippen LogP contribution is 2.10. The molecule has 3 nitrogen and oxygen atoms in total. The van der Waals surface area contributed by atoms with Crippen LogP contribution in [0.2, 0.25) is 0 Å². The quantitative estimate of drug-likeness (QED) is 0.824. The molecule has 0 atom stereocenters. The normalized spacial score (nSPS) is 16.9. The summed E-state index contributed by atoms with van der Waals surface area (Å²) in [5.74, 6) is 6.00.